The van der Waals surface area contributed by atoms with Crippen LogP contribution in [0.4, 0.5) is 5.82 Å². The van der Waals surface area contributed by atoms with Gasteiger partial charge in [0.05, 0.1) is 12.1 Å². The predicted octanol–water partition coefficient (Wildman–Crippen LogP) is 1.97. The average molecular weight is 440 g/mol. The molecule has 1 aliphatic heterocycles. The molecule has 3 aromatic rings. The molecule has 10 heteroatoms. The van der Waals surface area contributed by atoms with Crippen molar-refractivity contribution in [3.8, 4) is 29.2 Å². The minimum absolute atomic E-state index is 0.158. The molecule has 10 nitrogen and oxygen atoms in total. The highest BCUT2D eigenvalue weighted by molar-refractivity contribution is 5.86. The van der Waals surface area contributed by atoms with Gasteiger partial charge < -0.3 is 25.5 Å². The lowest BCUT2D eigenvalue weighted by Crippen LogP contribution is -2.28. The fourth-order valence-electron chi connectivity index (χ4n) is 3.82. The van der Waals surface area contributed by atoms with Crippen LogP contribution < -0.4 is 15.8 Å². The van der Waals surface area contributed by atoms with E-state index in [-0.39, 0.29) is 5.82 Å². The largest absolute Gasteiger partial charge is 0.478 e. The lowest BCUT2D eigenvalue weighted by molar-refractivity contribution is 0.143. The first-order valence-corrected chi connectivity index (χ1v) is 10.9. The van der Waals surface area contributed by atoms with E-state index < -0.39 is 5.60 Å². The van der Waals surface area contributed by atoms with E-state index in [2.05, 4.69) is 32.5 Å². The monoisotopic (exact) mass is 439 g/mol. The maximum absolute atomic E-state index is 10.1. The first-order valence-electron chi connectivity index (χ1n) is 10.9. The van der Waals surface area contributed by atoms with Crippen LogP contribution in [0.3, 0.4) is 0 Å². The van der Waals surface area contributed by atoms with Crippen molar-refractivity contribution in [3.63, 3.8) is 0 Å². The average Bonchev–Trinajstić information content (AvgIpc) is 3.35. The zero-order valence-electron chi connectivity index (χ0n) is 18.7. The van der Waals surface area contributed by atoms with Crippen molar-refractivity contribution < 1.29 is 14.5 Å². The number of aromatic nitrogens is 5. The summed E-state index contributed by atoms with van der Waals surface area (Å²) in [6.45, 7) is 8.54. The van der Waals surface area contributed by atoms with E-state index in [0.29, 0.717) is 47.7 Å². The molecule has 3 aromatic heterocycles. The second-order valence-corrected chi connectivity index (χ2v) is 8.49. The highest BCUT2D eigenvalue weighted by Crippen LogP contribution is 2.30. The van der Waals surface area contributed by atoms with Gasteiger partial charge in [0.25, 0.3) is 0 Å². The Labute approximate surface area is 186 Å². The summed E-state index contributed by atoms with van der Waals surface area (Å²) in [6, 6.07) is 1.86. The normalized spacial score (nSPS) is 15.0. The Hall–Kier alpha value is -3.16. The Balaban J connectivity index is 1.72. The Bertz CT molecular complexity index is 1140. The predicted molar refractivity (Wildman–Crippen MR) is 120 cm³/mol. The molecular formula is C22H29N7O3. The van der Waals surface area contributed by atoms with E-state index in [1.54, 1.807) is 13.8 Å². The minimum atomic E-state index is -1.17. The van der Waals surface area contributed by atoms with Crippen LogP contribution >= 0.6 is 0 Å². The molecule has 0 bridgehead atoms. The van der Waals surface area contributed by atoms with Crippen LogP contribution in [-0.4, -0.2) is 55.3 Å². The first kappa shape index (κ1) is 22.0. The van der Waals surface area contributed by atoms with Crippen molar-refractivity contribution in [1.82, 2.24) is 30.2 Å². The van der Waals surface area contributed by atoms with Crippen LogP contribution in [-0.2, 0) is 6.54 Å². The number of nitrogen functional groups attached to an aromatic ring is 1. The van der Waals surface area contributed by atoms with Crippen LogP contribution in [0.15, 0.2) is 10.7 Å². The molecule has 170 valence electrons. The molecule has 0 atom stereocenters. The van der Waals surface area contributed by atoms with E-state index in [0.717, 1.165) is 37.9 Å². The van der Waals surface area contributed by atoms with E-state index in [9.17, 15) is 5.11 Å². The summed E-state index contributed by atoms with van der Waals surface area (Å²) >= 11 is 0. The number of pyridine rings is 1. The number of aliphatic hydroxyl groups is 1. The lowest BCUT2D eigenvalue weighted by Gasteiger charge is -2.22. The van der Waals surface area contributed by atoms with E-state index in [1.807, 2.05) is 17.6 Å². The number of nitrogens with one attached hydrogen (secondary N) is 1. The van der Waals surface area contributed by atoms with Crippen molar-refractivity contribution in [2.45, 2.75) is 52.2 Å². The van der Waals surface area contributed by atoms with Gasteiger partial charge in [-0.15, -0.1) is 0 Å². The van der Waals surface area contributed by atoms with E-state index in [4.69, 9.17) is 20.1 Å². The highest BCUT2D eigenvalue weighted by atomic mass is 16.6. The van der Waals surface area contributed by atoms with Gasteiger partial charge in [-0.25, -0.2) is 14.6 Å². The first-order chi connectivity index (χ1) is 15.4. The molecule has 0 amide bonds. The molecule has 0 spiro atoms. The zero-order chi connectivity index (χ0) is 22.7. The summed E-state index contributed by atoms with van der Waals surface area (Å²) in [6.07, 6.45) is 3.31. The molecule has 1 fully saturated rings. The second-order valence-electron chi connectivity index (χ2n) is 8.49. The molecule has 1 aliphatic rings. The number of hydrogen-bond acceptors (Lipinski definition) is 9. The summed E-state index contributed by atoms with van der Waals surface area (Å²) < 4.78 is 12.8. The zero-order valence-corrected chi connectivity index (χ0v) is 18.7. The van der Waals surface area contributed by atoms with Crippen LogP contribution in [0.25, 0.3) is 22.6 Å². The van der Waals surface area contributed by atoms with Gasteiger partial charge in [-0.2, -0.15) is 0 Å². The number of rotatable bonds is 6. The fourth-order valence-corrected chi connectivity index (χ4v) is 3.82. The van der Waals surface area contributed by atoms with Crippen LogP contribution in [0.2, 0.25) is 0 Å². The third-order valence-electron chi connectivity index (χ3n) is 5.48. The summed E-state index contributed by atoms with van der Waals surface area (Å²) in [5.74, 6) is 7.59. The third-order valence-corrected chi connectivity index (χ3v) is 5.48. The number of ether oxygens (including phenoxy) is 1. The highest BCUT2D eigenvalue weighted by Gasteiger charge is 2.22. The Morgan fingerprint density at radius 2 is 2.09 bits per heavy atom. The molecular weight excluding hydrogens is 410 g/mol. The Morgan fingerprint density at radius 1 is 1.31 bits per heavy atom. The van der Waals surface area contributed by atoms with E-state index >= 15 is 0 Å². The third kappa shape index (κ3) is 4.84. The molecule has 0 unspecified atom stereocenters. The Kier molecular flexibility index (Phi) is 6.30. The Morgan fingerprint density at radius 3 is 2.75 bits per heavy atom. The van der Waals surface area contributed by atoms with Crippen molar-refractivity contribution in [1.29, 1.82) is 0 Å². The van der Waals surface area contributed by atoms with Gasteiger partial charge in [0.15, 0.2) is 17.3 Å². The van der Waals surface area contributed by atoms with Gasteiger partial charge >= 0.3 is 0 Å². The number of hydrogen-bond donors (Lipinski definition) is 3. The topological polar surface area (TPSA) is 137 Å². The summed E-state index contributed by atoms with van der Waals surface area (Å²) in [5.41, 5.74) is 6.89. The second kappa shape index (κ2) is 9.14. The van der Waals surface area contributed by atoms with Gasteiger partial charge in [-0.1, -0.05) is 5.92 Å². The van der Waals surface area contributed by atoms with Crippen LogP contribution in [0, 0.1) is 17.8 Å². The molecule has 0 aliphatic carbocycles. The number of anilines is 1. The van der Waals surface area contributed by atoms with Gasteiger partial charge in [-0.3, -0.25) is 0 Å². The molecule has 32 heavy (non-hydrogen) atoms. The molecule has 4 N–H and O–H groups in total. The molecule has 1 saturated heterocycles. The maximum atomic E-state index is 10.1. The SMILES string of the molecule is CCn1c(-c2nonc2N)nc2c(C#CC(C)(C)O)nc(OCCC3CCNCC3)cc21. The maximum Gasteiger partial charge on any atom is 0.216 e. The van der Waals surface area contributed by atoms with Gasteiger partial charge in [0.2, 0.25) is 5.88 Å². The van der Waals surface area contributed by atoms with E-state index in [1.165, 1.54) is 0 Å². The quantitative estimate of drug-likeness (QED) is 0.492. The van der Waals surface area contributed by atoms with Crippen molar-refractivity contribution >= 4 is 16.9 Å². The fraction of sp³-hybridized carbons (Fsp3) is 0.545. The minimum Gasteiger partial charge on any atom is -0.478 e. The summed E-state index contributed by atoms with van der Waals surface area (Å²) in [4.78, 5) is 9.29. The van der Waals surface area contributed by atoms with Crippen LogP contribution in [0.5, 0.6) is 5.88 Å². The molecule has 0 saturated carbocycles. The molecule has 0 radical (unpaired) electrons. The van der Waals surface area contributed by atoms with Crippen LogP contribution in [0.1, 0.15) is 45.7 Å². The van der Waals surface area contributed by atoms with Crippen molar-refractivity contribution in [2.75, 3.05) is 25.4 Å². The number of piperidine rings is 1. The number of nitrogens with zero attached hydrogens (tertiary/aromatic N) is 5. The number of imidazole rings is 1. The molecule has 4 rings (SSSR count). The van der Waals surface area contributed by atoms with Crippen molar-refractivity contribution in [3.05, 3.63) is 11.8 Å². The number of fused-ring (bicyclic) bond motifs is 1. The van der Waals surface area contributed by atoms with Gasteiger partial charge in [0, 0.05) is 12.6 Å². The molecule has 0 aromatic carbocycles. The summed E-state index contributed by atoms with van der Waals surface area (Å²) in [5, 5.41) is 21.0. The summed E-state index contributed by atoms with van der Waals surface area (Å²) in [7, 11) is 0. The standard InChI is InChI=1S/C22H29N7O3/c1-4-29-16-13-17(31-12-8-14-6-10-24-11-7-14)25-15(5-9-22(2,3)30)18(16)26-21(29)19-20(23)28-32-27-19/h13-14,24,30H,4,6-8,10-12H2,1-3H3,(H2,23,28). The number of aryl methyl sites for hydroxylation is 1. The lowest BCUT2D eigenvalue weighted by atomic mass is 9.95. The van der Waals surface area contributed by atoms with Gasteiger partial charge in [-0.05, 0) is 75.3 Å². The molecule has 4 heterocycles. The van der Waals surface area contributed by atoms with Gasteiger partial charge in [0.1, 0.15) is 16.8 Å². The van der Waals surface area contributed by atoms with Crippen molar-refractivity contribution in [2.24, 2.45) is 5.92 Å². The smallest absolute Gasteiger partial charge is 0.216 e. The number of nitrogens with two attached hydrogens (primary N) is 1.